The van der Waals surface area contributed by atoms with Crippen molar-refractivity contribution in [3.63, 3.8) is 0 Å². The van der Waals surface area contributed by atoms with Gasteiger partial charge in [0.15, 0.2) is 0 Å². The first kappa shape index (κ1) is 11.9. The summed E-state index contributed by atoms with van der Waals surface area (Å²) in [6, 6.07) is 11.5. The van der Waals surface area contributed by atoms with Crippen LogP contribution in [-0.4, -0.2) is 29.9 Å². The number of nitrogens with zero attached hydrogens (tertiary/aromatic N) is 1. The molecule has 0 amide bonds. The van der Waals surface area contributed by atoms with Crippen molar-refractivity contribution in [3.8, 4) is 0 Å². The summed E-state index contributed by atoms with van der Waals surface area (Å²) in [5, 5.41) is 0. The Kier molecular flexibility index (Phi) is 4.68. The predicted molar refractivity (Wildman–Crippen MR) is 70.1 cm³/mol. The molecule has 1 aromatic rings. The summed E-state index contributed by atoms with van der Waals surface area (Å²) < 4.78 is 0. The van der Waals surface area contributed by atoms with Crippen molar-refractivity contribution in [2.75, 3.05) is 19.0 Å². The lowest BCUT2D eigenvalue weighted by Crippen LogP contribution is -2.42. The van der Waals surface area contributed by atoms with E-state index in [0.29, 0.717) is 0 Å². The zero-order valence-corrected chi connectivity index (χ0v) is 10.5. The van der Waals surface area contributed by atoms with Gasteiger partial charge < -0.3 is 0 Å². The molecule has 0 atom stereocenters. The van der Waals surface area contributed by atoms with Crippen molar-refractivity contribution >= 4 is 11.6 Å². The van der Waals surface area contributed by atoms with Gasteiger partial charge in [0.1, 0.15) is 0 Å². The maximum Gasteiger partial charge on any atom is 0.0351 e. The second kappa shape index (κ2) is 6.27. The number of rotatable bonds is 6. The molecule has 1 fully saturated rings. The molecule has 0 heterocycles. The minimum Gasteiger partial charge on any atom is -0.299 e. The van der Waals surface area contributed by atoms with E-state index < -0.39 is 0 Å². The zero-order chi connectivity index (χ0) is 11.2. The Morgan fingerprint density at radius 1 is 1.12 bits per heavy atom. The van der Waals surface area contributed by atoms with Crippen LogP contribution in [0.15, 0.2) is 30.3 Å². The molecule has 88 valence electrons. The summed E-state index contributed by atoms with van der Waals surface area (Å²) in [6.07, 6.45) is 5.28. The first-order valence-corrected chi connectivity index (χ1v) is 6.77. The molecule has 0 saturated heterocycles. The number of benzene rings is 1. The van der Waals surface area contributed by atoms with E-state index in [-0.39, 0.29) is 0 Å². The third-order valence-electron chi connectivity index (χ3n) is 3.49. The van der Waals surface area contributed by atoms with Crippen molar-refractivity contribution in [1.29, 1.82) is 0 Å². The maximum absolute atomic E-state index is 5.86. The van der Waals surface area contributed by atoms with Crippen LogP contribution in [0.25, 0.3) is 0 Å². The van der Waals surface area contributed by atoms with Crippen LogP contribution in [0.3, 0.4) is 0 Å². The van der Waals surface area contributed by atoms with Gasteiger partial charge in [-0.3, -0.25) is 4.90 Å². The van der Waals surface area contributed by atoms with Crippen molar-refractivity contribution in [3.05, 3.63) is 35.9 Å². The molecule has 1 aliphatic rings. The molecule has 0 N–H and O–H groups in total. The van der Waals surface area contributed by atoms with Crippen molar-refractivity contribution in [2.24, 2.45) is 0 Å². The maximum atomic E-state index is 5.86. The van der Waals surface area contributed by atoms with Crippen LogP contribution in [0, 0.1) is 0 Å². The first-order chi connectivity index (χ1) is 7.90. The van der Waals surface area contributed by atoms with Crippen LogP contribution >= 0.6 is 11.6 Å². The lowest BCUT2D eigenvalue weighted by atomic mass is 9.91. The number of hydrogen-bond donors (Lipinski definition) is 0. The molecule has 0 bridgehead atoms. The first-order valence-electron chi connectivity index (χ1n) is 6.24. The number of halogens is 1. The molecule has 1 aromatic carbocycles. The average Bonchev–Trinajstić information content (AvgIpc) is 2.25. The Morgan fingerprint density at radius 3 is 2.44 bits per heavy atom. The molecule has 0 aliphatic heterocycles. The Hall–Kier alpha value is -0.530. The molecule has 1 saturated carbocycles. The van der Waals surface area contributed by atoms with Crippen molar-refractivity contribution in [2.45, 2.75) is 31.7 Å². The Balaban J connectivity index is 1.81. The molecule has 1 aliphatic carbocycles. The summed E-state index contributed by atoms with van der Waals surface area (Å²) in [7, 11) is 0. The highest BCUT2D eigenvalue weighted by Gasteiger charge is 2.23. The van der Waals surface area contributed by atoms with Crippen LogP contribution in [0.1, 0.15) is 24.8 Å². The van der Waals surface area contributed by atoms with E-state index >= 15 is 0 Å². The summed E-state index contributed by atoms with van der Waals surface area (Å²) in [6.45, 7) is 2.19. The van der Waals surface area contributed by atoms with Crippen LogP contribution in [-0.2, 0) is 6.42 Å². The van der Waals surface area contributed by atoms with E-state index in [1.165, 1.54) is 24.8 Å². The highest BCUT2D eigenvalue weighted by Crippen LogP contribution is 2.24. The topological polar surface area (TPSA) is 3.24 Å². The lowest BCUT2D eigenvalue weighted by Gasteiger charge is -2.37. The van der Waals surface area contributed by atoms with E-state index in [0.717, 1.165) is 31.4 Å². The predicted octanol–water partition coefficient (Wildman–Crippen LogP) is 3.32. The monoisotopic (exact) mass is 237 g/mol. The molecular formula is C14H20ClN. The quantitative estimate of drug-likeness (QED) is 0.687. The summed E-state index contributed by atoms with van der Waals surface area (Å²) in [4.78, 5) is 2.56. The van der Waals surface area contributed by atoms with Gasteiger partial charge in [0.25, 0.3) is 0 Å². The Bertz CT molecular complexity index is 295. The van der Waals surface area contributed by atoms with Crippen LogP contribution in [0.5, 0.6) is 0 Å². The van der Waals surface area contributed by atoms with Gasteiger partial charge in [-0.25, -0.2) is 0 Å². The average molecular weight is 238 g/mol. The number of alkyl halides is 1. The van der Waals surface area contributed by atoms with E-state index in [4.69, 9.17) is 11.6 Å². The Morgan fingerprint density at radius 2 is 1.88 bits per heavy atom. The van der Waals surface area contributed by atoms with Gasteiger partial charge in [-0.05, 0) is 24.8 Å². The molecule has 2 rings (SSSR count). The molecule has 1 nitrogen and oxygen atoms in total. The van der Waals surface area contributed by atoms with E-state index in [1.54, 1.807) is 0 Å². The SMILES string of the molecule is ClCCN(CCc1ccccc1)C1CCC1. The fraction of sp³-hybridized carbons (Fsp3) is 0.571. The zero-order valence-electron chi connectivity index (χ0n) is 9.74. The minimum atomic E-state index is 0.755. The summed E-state index contributed by atoms with van der Waals surface area (Å²) in [5.74, 6) is 0.755. The third-order valence-corrected chi connectivity index (χ3v) is 3.66. The van der Waals surface area contributed by atoms with E-state index in [1.807, 2.05) is 0 Å². The normalized spacial score (nSPS) is 16.4. The summed E-state index contributed by atoms with van der Waals surface area (Å²) >= 11 is 5.86. The van der Waals surface area contributed by atoms with Gasteiger partial charge in [-0.1, -0.05) is 36.8 Å². The van der Waals surface area contributed by atoms with Crippen LogP contribution < -0.4 is 0 Å². The highest BCUT2D eigenvalue weighted by molar-refractivity contribution is 6.18. The molecule has 0 unspecified atom stereocenters. The smallest absolute Gasteiger partial charge is 0.0351 e. The lowest BCUT2D eigenvalue weighted by molar-refractivity contribution is 0.136. The van der Waals surface area contributed by atoms with Gasteiger partial charge >= 0.3 is 0 Å². The van der Waals surface area contributed by atoms with Gasteiger partial charge in [0.2, 0.25) is 0 Å². The van der Waals surface area contributed by atoms with Gasteiger partial charge in [0.05, 0.1) is 0 Å². The van der Waals surface area contributed by atoms with Gasteiger partial charge in [-0.2, -0.15) is 0 Å². The summed E-state index contributed by atoms with van der Waals surface area (Å²) in [5.41, 5.74) is 1.43. The van der Waals surface area contributed by atoms with E-state index in [2.05, 4.69) is 35.2 Å². The minimum absolute atomic E-state index is 0.755. The Labute approximate surface area is 103 Å². The standard InChI is InChI=1S/C14H20ClN/c15-10-12-16(14-7-4-8-14)11-9-13-5-2-1-3-6-13/h1-3,5-6,14H,4,7-12H2. The fourth-order valence-electron chi connectivity index (χ4n) is 2.25. The molecule has 16 heavy (non-hydrogen) atoms. The molecule has 2 heteroatoms. The van der Waals surface area contributed by atoms with Gasteiger partial charge in [-0.15, -0.1) is 11.6 Å². The second-order valence-corrected chi connectivity index (χ2v) is 4.92. The van der Waals surface area contributed by atoms with Crippen molar-refractivity contribution < 1.29 is 0 Å². The van der Waals surface area contributed by atoms with Gasteiger partial charge in [0, 0.05) is 25.0 Å². The highest BCUT2D eigenvalue weighted by atomic mass is 35.5. The molecule has 0 spiro atoms. The van der Waals surface area contributed by atoms with Crippen molar-refractivity contribution in [1.82, 2.24) is 4.90 Å². The van der Waals surface area contributed by atoms with Crippen LogP contribution in [0.4, 0.5) is 0 Å². The number of hydrogen-bond acceptors (Lipinski definition) is 1. The second-order valence-electron chi connectivity index (χ2n) is 4.55. The molecular weight excluding hydrogens is 218 g/mol. The van der Waals surface area contributed by atoms with E-state index in [9.17, 15) is 0 Å². The molecule has 0 radical (unpaired) electrons. The van der Waals surface area contributed by atoms with Crippen LogP contribution in [0.2, 0.25) is 0 Å². The fourth-order valence-corrected chi connectivity index (χ4v) is 2.47. The third kappa shape index (κ3) is 3.23. The largest absolute Gasteiger partial charge is 0.299 e. The molecule has 0 aromatic heterocycles.